The van der Waals surface area contributed by atoms with Crippen LogP contribution in [0.5, 0.6) is 0 Å². The predicted molar refractivity (Wildman–Crippen MR) is 107 cm³/mol. The van der Waals surface area contributed by atoms with Gasteiger partial charge in [-0.05, 0) is 62.7 Å². The molecule has 1 aromatic carbocycles. The summed E-state index contributed by atoms with van der Waals surface area (Å²) in [7, 11) is 0. The molecule has 0 spiro atoms. The normalized spacial score (nSPS) is 24.5. The number of carbonyl (C=O) groups is 2. The third-order valence-corrected chi connectivity index (χ3v) is 5.49. The van der Waals surface area contributed by atoms with Crippen LogP contribution in [0.3, 0.4) is 0 Å². The third kappa shape index (κ3) is 5.21. The minimum Gasteiger partial charge on any atom is -0.344 e. The fourth-order valence-corrected chi connectivity index (χ4v) is 3.95. The van der Waals surface area contributed by atoms with Crippen LogP contribution in [0.1, 0.15) is 39.0 Å². The Morgan fingerprint density at radius 3 is 2.73 bits per heavy atom. The molecule has 2 fully saturated rings. The van der Waals surface area contributed by atoms with E-state index in [-0.39, 0.29) is 24.2 Å². The minimum atomic E-state index is -0.391. The highest BCUT2D eigenvalue weighted by molar-refractivity contribution is 5.99. The number of nitrogens with one attached hydrogen (secondary N) is 2. The van der Waals surface area contributed by atoms with Crippen molar-refractivity contribution < 1.29 is 9.59 Å². The molecule has 0 aromatic heterocycles. The number of benzene rings is 1. The lowest BCUT2D eigenvalue weighted by Crippen LogP contribution is -2.52. The Bertz CT molecular complexity index is 590. The van der Waals surface area contributed by atoms with Crippen molar-refractivity contribution in [3.63, 3.8) is 0 Å². The highest BCUT2D eigenvalue weighted by Crippen LogP contribution is 2.24. The van der Waals surface area contributed by atoms with Crippen molar-refractivity contribution >= 4 is 29.9 Å². The second kappa shape index (κ2) is 9.93. The minimum absolute atomic E-state index is 0. The van der Waals surface area contributed by atoms with Gasteiger partial charge in [0.2, 0.25) is 11.8 Å². The Labute approximate surface area is 162 Å². The lowest BCUT2D eigenvalue weighted by molar-refractivity contribution is -0.129. The van der Waals surface area contributed by atoms with E-state index < -0.39 is 6.04 Å². The first-order chi connectivity index (χ1) is 12.1. The first kappa shape index (κ1) is 20.7. The third-order valence-electron chi connectivity index (χ3n) is 5.49. The first-order valence-electron chi connectivity index (χ1n) is 9.51. The van der Waals surface area contributed by atoms with E-state index in [1.165, 1.54) is 12.8 Å². The van der Waals surface area contributed by atoms with E-state index in [1.54, 1.807) is 4.90 Å². The molecule has 2 aliphatic rings. The van der Waals surface area contributed by atoms with Gasteiger partial charge in [-0.15, -0.1) is 12.4 Å². The topological polar surface area (TPSA) is 61.4 Å². The average molecular weight is 380 g/mol. The van der Waals surface area contributed by atoms with E-state index in [1.807, 2.05) is 30.3 Å². The quantitative estimate of drug-likeness (QED) is 0.826. The van der Waals surface area contributed by atoms with Crippen LogP contribution in [-0.2, 0) is 9.59 Å². The van der Waals surface area contributed by atoms with Gasteiger partial charge in [-0.25, -0.2) is 0 Å². The first-order valence-corrected chi connectivity index (χ1v) is 9.51. The molecule has 26 heavy (non-hydrogen) atoms. The SMILES string of the molecule is CC(CC(=O)NC1CCCN(c2ccccc2)C1=O)C1CCCNC1.Cl. The number of nitrogens with zero attached hydrogens (tertiary/aromatic N) is 1. The van der Waals surface area contributed by atoms with Gasteiger partial charge in [-0.1, -0.05) is 25.1 Å². The zero-order valence-corrected chi connectivity index (χ0v) is 16.3. The molecule has 2 aliphatic heterocycles. The summed E-state index contributed by atoms with van der Waals surface area (Å²) < 4.78 is 0. The number of rotatable bonds is 5. The van der Waals surface area contributed by atoms with Crippen molar-refractivity contribution in [1.82, 2.24) is 10.6 Å². The predicted octanol–water partition coefficient (Wildman–Crippen LogP) is 2.75. The summed E-state index contributed by atoms with van der Waals surface area (Å²) in [4.78, 5) is 27.0. The number of para-hydroxylation sites is 1. The Kier molecular flexibility index (Phi) is 7.91. The number of hydrogen-bond acceptors (Lipinski definition) is 3. The van der Waals surface area contributed by atoms with Crippen LogP contribution < -0.4 is 15.5 Å². The lowest BCUT2D eigenvalue weighted by atomic mass is 9.85. The molecule has 2 amide bonds. The molecule has 144 valence electrons. The number of anilines is 1. The van der Waals surface area contributed by atoms with E-state index in [0.717, 1.165) is 38.2 Å². The maximum Gasteiger partial charge on any atom is 0.249 e. The van der Waals surface area contributed by atoms with Crippen molar-refractivity contribution in [1.29, 1.82) is 0 Å². The van der Waals surface area contributed by atoms with Crippen LogP contribution in [0.4, 0.5) is 5.69 Å². The van der Waals surface area contributed by atoms with Gasteiger partial charge in [0.05, 0.1) is 0 Å². The average Bonchev–Trinajstić information content (AvgIpc) is 2.65. The molecule has 2 N–H and O–H groups in total. The second-order valence-electron chi connectivity index (χ2n) is 7.38. The summed E-state index contributed by atoms with van der Waals surface area (Å²) in [5, 5.41) is 6.40. The number of piperidine rings is 2. The Morgan fingerprint density at radius 2 is 2.04 bits per heavy atom. The van der Waals surface area contributed by atoms with Crippen LogP contribution in [0.15, 0.2) is 30.3 Å². The molecule has 0 radical (unpaired) electrons. The van der Waals surface area contributed by atoms with E-state index >= 15 is 0 Å². The fraction of sp³-hybridized carbons (Fsp3) is 0.600. The van der Waals surface area contributed by atoms with E-state index in [2.05, 4.69) is 17.6 Å². The summed E-state index contributed by atoms with van der Waals surface area (Å²) in [6, 6.07) is 9.31. The van der Waals surface area contributed by atoms with E-state index in [9.17, 15) is 9.59 Å². The summed E-state index contributed by atoms with van der Waals surface area (Å²) >= 11 is 0. The molecule has 1 aromatic rings. The molecule has 6 heteroatoms. The smallest absolute Gasteiger partial charge is 0.249 e. The molecule has 2 saturated heterocycles. The van der Waals surface area contributed by atoms with Gasteiger partial charge in [-0.3, -0.25) is 9.59 Å². The standard InChI is InChI=1S/C20H29N3O2.ClH/c1-15(16-7-5-11-21-14-16)13-19(24)22-18-10-6-12-23(20(18)25)17-8-3-2-4-9-17;/h2-4,8-9,15-16,18,21H,5-7,10-14H2,1H3,(H,22,24);1H. The zero-order chi connectivity index (χ0) is 17.6. The van der Waals surface area contributed by atoms with Crippen LogP contribution >= 0.6 is 12.4 Å². The second-order valence-corrected chi connectivity index (χ2v) is 7.38. The molecule has 0 saturated carbocycles. The van der Waals surface area contributed by atoms with Crippen molar-refractivity contribution in [2.45, 2.75) is 45.1 Å². The lowest BCUT2D eigenvalue weighted by Gasteiger charge is -2.33. The van der Waals surface area contributed by atoms with Crippen molar-refractivity contribution in [3.05, 3.63) is 30.3 Å². The molecule has 0 bridgehead atoms. The van der Waals surface area contributed by atoms with Gasteiger partial charge in [0.1, 0.15) is 6.04 Å². The summed E-state index contributed by atoms with van der Waals surface area (Å²) in [5.74, 6) is 0.920. The van der Waals surface area contributed by atoms with Gasteiger partial charge in [0.25, 0.3) is 0 Å². The summed E-state index contributed by atoms with van der Waals surface area (Å²) in [6.07, 6.45) is 4.51. The maximum absolute atomic E-state index is 12.8. The fourth-order valence-electron chi connectivity index (χ4n) is 3.95. The molecular formula is C20H30ClN3O2. The van der Waals surface area contributed by atoms with Gasteiger partial charge in [0, 0.05) is 18.7 Å². The van der Waals surface area contributed by atoms with Gasteiger partial charge >= 0.3 is 0 Å². The number of hydrogen-bond donors (Lipinski definition) is 2. The summed E-state index contributed by atoms with van der Waals surface area (Å²) in [6.45, 7) is 4.95. The van der Waals surface area contributed by atoms with Crippen molar-refractivity contribution in [2.75, 3.05) is 24.5 Å². The molecule has 5 nitrogen and oxygen atoms in total. The largest absolute Gasteiger partial charge is 0.344 e. The molecule has 2 heterocycles. The Balaban J connectivity index is 0.00000243. The van der Waals surface area contributed by atoms with Gasteiger partial charge in [0.15, 0.2) is 0 Å². The zero-order valence-electron chi connectivity index (χ0n) is 15.4. The molecule has 3 unspecified atom stereocenters. The van der Waals surface area contributed by atoms with Crippen molar-refractivity contribution in [3.8, 4) is 0 Å². The van der Waals surface area contributed by atoms with Gasteiger partial charge < -0.3 is 15.5 Å². The maximum atomic E-state index is 12.8. The van der Waals surface area contributed by atoms with Crippen LogP contribution in [-0.4, -0.2) is 37.5 Å². The number of carbonyl (C=O) groups excluding carboxylic acids is 2. The van der Waals surface area contributed by atoms with Gasteiger partial charge in [-0.2, -0.15) is 0 Å². The van der Waals surface area contributed by atoms with E-state index in [0.29, 0.717) is 18.3 Å². The number of halogens is 1. The van der Waals surface area contributed by atoms with E-state index in [4.69, 9.17) is 0 Å². The Hall–Kier alpha value is -1.59. The Morgan fingerprint density at radius 1 is 1.27 bits per heavy atom. The molecule has 0 aliphatic carbocycles. The van der Waals surface area contributed by atoms with Crippen molar-refractivity contribution in [2.24, 2.45) is 11.8 Å². The molecule has 3 rings (SSSR count). The van der Waals surface area contributed by atoms with Crippen LogP contribution in [0.25, 0.3) is 0 Å². The van der Waals surface area contributed by atoms with Crippen LogP contribution in [0, 0.1) is 11.8 Å². The number of amides is 2. The summed E-state index contributed by atoms with van der Waals surface area (Å²) in [5.41, 5.74) is 0.910. The highest BCUT2D eigenvalue weighted by Gasteiger charge is 2.31. The van der Waals surface area contributed by atoms with Crippen LogP contribution in [0.2, 0.25) is 0 Å². The molecule has 3 atom stereocenters. The molecular weight excluding hydrogens is 350 g/mol. The monoisotopic (exact) mass is 379 g/mol. The highest BCUT2D eigenvalue weighted by atomic mass is 35.5.